The molecule has 0 saturated carbocycles. The Morgan fingerprint density at radius 2 is 1.47 bits per heavy atom. The molecule has 3 aromatic rings. The molecule has 6 nitrogen and oxygen atoms in total. The van der Waals surface area contributed by atoms with E-state index < -0.39 is 10.0 Å². The van der Waals surface area contributed by atoms with Gasteiger partial charge in [-0.3, -0.25) is 4.79 Å². The van der Waals surface area contributed by atoms with Crippen molar-refractivity contribution >= 4 is 27.3 Å². The number of nitrogens with one attached hydrogen (secondary N) is 1. The second-order valence-electron chi connectivity index (χ2n) is 7.24. The average molecular weight is 424 g/mol. The summed E-state index contributed by atoms with van der Waals surface area (Å²) in [6, 6.07) is 24.1. The Bertz CT molecular complexity index is 1080. The topological polar surface area (TPSA) is 92.5 Å². The highest BCUT2D eigenvalue weighted by Crippen LogP contribution is 2.31. The third-order valence-electron chi connectivity index (χ3n) is 4.85. The van der Waals surface area contributed by atoms with Crippen molar-refractivity contribution in [2.24, 2.45) is 5.14 Å². The Labute approximate surface area is 177 Å². The number of amides is 1. The van der Waals surface area contributed by atoms with E-state index in [9.17, 15) is 13.2 Å². The molecule has 0 spiro atoms. The number of rotatable bonds is 7. The molecule has 1 amide bonds. The highest BCUT2D eigenvalue weighted by molar-refractivity contribution is 7.89. The number of nitrogens with two attached hydrogens (primary N) is 1. The molecule has 0 fully saturated rings. The Hall–Kier alpha value is -3.16. The van der Waals surface area contributed by atoms with Crippen molar-refractivity contribution in [2.45, 2.75) is 17.2 Å². The summed E-state index contributed by atoms with van der Waals surface area (Å²) in [4.78, 5) is 14.7. The molecule has 7 heteroatoms. The van der Waals surface area contributed by atoms with Gasteiger partial charge in [0.25, 0.3) is 0 Å². The number of primary sulfonamides is 1. The highest BCUT2D eigenvalue weighted by atomic mass is 32.2. The number of carbonyl (C=O) groups is 1. The van der Waals surface area contributed by atoms with Gasteiger partial charge in [0.1, 0.15) is 0 Å². The van der Waals surface area contributed by atoms with Gasteiger partial charge in [-0.2, -0.15) is 0 Å². The average Bonchev–Trinajstić information content (AvgIpc) is 2.72. The second-order valence-corrected chi connectivity index (χ2v) is 8.81. The van der Waals surface area contributed by atoms with Crippen LogP contribution in [0.5, 0.6) is 0 Å². The van der Waals surface area contributed by atoms with Crippen molar-refractivity contribution in [2.75, 3.05) is 24.3 Å². The number of anilines is 2. The second kappa shape index (κ2) is 9.11. The van der Waals surface area contributed by atoms with Crippen LogP contribution in [0, 0.1) is 0 Å². The molecule has 0 atom stereocenters. The molecular weight excluding hydrogens is 398 g/mol. The van der Waals surface area contributed by atoms with Crippen molar-refractivity contribution in [3.8, 4) is 0 Å². The van der Waals surface area contributed by atoms with Gasteiger partial charge < -0.3 is 10.2 Å². The van der Waals surface area contributed by atoms with Crippen LogP contribution in [-0.4, -0.2) is 28.4 Å². The summed E-state index contributed by atoms with van der Waals surface area (Å²) in [7, 11) is -0.247. The minimum atomic E-state index is -3.88. The first-order valence-corrected chi connectivity index (χ1v) is 11.0. The summed E-state index contributed by atoms with van der Waals surface area (Å²) in [6.07, 6.45) is 0.209. The summed E-state index contributed by atoms with van der Waals surface area (Å²) < 4.78 is 23.5. The molecule has 0 radical (unpaired) electrons. The molecule has 3 rings (SSSR count). The van der Waals surface area contributed by atoms with Gasteiger partial charge in [0.2, 0.25) is 15.9 Å². The van der Waals surface area contributed by atoms with E-state index in [0.29, 0.717) is 11.4 Å². The van der Waals surface area contributed by atoms with Crippen LogP contribution in [0.4, 0.5) is 11.4 Å². The number of nitrogens with zero attached hydrogens (tertiary/aromatic N) is 1. The van der Waals surface area contributed by atoms with Gasteiger partial charge in [0.15, 0.2) is 0 Å². The lowest BCUT2D eigenvalue weighted by molar-refractivity contribution is -0.116. The largest absolute Gasteiger partial charge is 0.376 e. The molecule has 30 heavy (non-hydrogen) atoms. The summed E-state index contributed by atoms with van der Waals surface area (Å²) >= 11 is 0. The minimum absolute atomic E-state index is 0.0499. The third kappa shape index (κ3) is 5.25. The van der Waals surface area contributed by atoms with E-state index in [1.165, 1.54) is 12.1 Å². The first kappa shape index (κ1) is 21.5. The molecule has 0 unspecified atom stereocenters. The van der Waals surface area contributed by atoms with E-state index in [1.807, 2.05) is 74.8 Å². The Morgan fingerprint density at radius 1 is 0.933 bits per heavy atom. The Kier molecular flexibility index (Phi) is 6.54. The molecule has 0 aliphatic heterocycles. The number of sulfonamides is 1. The van der Waals surface area contributed by atoms with Crippen LogP contribution in [0.15, 0.2) is 83.8 Å². The Morgan fingerprint density at radius 3 is 1.93 bits per heavy atom. The molecule has 0 bridgehead atoms. The summed E-state index contributed by atoms with van der Waals surface area (Å²) in [6.45, 7) is 0. The molecule has 156 valence electrons. The maximum absolute atomic E-state index is 13.0. The van der Waals surface area contributed by atoms with Crippen molar-refractivity contribution in [3.63, 3.8) is 0 Å². The molecule has 0 heterocycles. The van der Waals surface area contributed by atoms with Crippen LogP contribution in [0.1, 0.15) is 23.5 Å². The summed E-state index contributed by atoms with van der Waals surface area (Å²) in [5.74, 6) is -0.348. The standard InChI is InChI=1S/C23H25N3O3S/c1-26(2)22-14-13-19(30(24,28)29)15-21(22)25-23(27)16-20(17-9-5-3-6-10-17)18-11-7-4-8-12-18/h3-15,20H,16H2,1-2H3,(H,25,27)(H2,24,28,29). The van der Waals surface area contributed by atoms with Gasteiger partial charge in [0.05, 0.1) is 16.3 Å². The monoisotopic (exact) mass is 423 g/mol. The number of benzene rings is 3. The van der Waals surface area contributed by atoms with E-state index in [-0.39, 0.29) is 23.1 Å². The lowest BCUT2D eigenvalue weighted by atomic mass is 9.88. The lowest BCUT2D eigenvalue weighted by Gasteiger charge is -2.21. The van der Waals surface area contributed by atoms with Crippen LogP contribution < -0.4 is 15.4 Å². The van der Waals surface area contributed by atoms with Gasteiger partial charge in [-0.05, 0) is 29.3 Å². The van der Waals surface area contributed by atoms with Gasteiger partial charge >= 0.3 is 0 Å². The molecule has 0 saturated heterocycles. The fraction of sp³-hybridized carbons (Fsp3) is 0.174. The number of hydrogen-bond acceptors (Lipinski definition) is 4. The molecule has 0 aliphatic rings. The molecule has 3 aromatic carbocycles. The fourth-order valence-corrected chi connectivity index (χ4v) is 3.91. The van der Waals surface area contributed by atoms with E-state index in [0.717, 1.165) is 11.1 Å². The first-order chi connectivity index (χ1) is 14.3. The quantitative estimate of drug-likeness (QED) is 0.608. The van der Waals surface area contributed by atoms with Crippen molar-refractivity contribution < 1.29 is 13.2 Å². The van der Waals surface area contributed by atoms with Crippen LogP contribution in [0.25, 0.3) is 0 Å². The normalized spacial score (nSPS) is 11.3. The summed E-state index contributed by atoms with van der Waals surface area (Å²) in [5, 5.41) is 8.14. The SMILES string of the molecule is CN(C)c1ccc(S(N)(=O)=O)cc1NC(=O)CC(c1ccccc1)c1ccccc1. The zero-order valence-corrected chi connectivity index (χ0v) is 17.8. The molecule has 0 aliphatic carbocycles. The predicted octanol–water partition coefficient (Wildman–Crippen LogP) is 3.56. The minimum Gasteiger partial charge on any atom is -0.376 e. The van der Waals surface area contributed by atoms with Crippen LogP contribution >= 0.6 is 0 Å². The van der Waals surface area contributed by atoms with Gasteiger partial charge in [0, 0.05) is 26.4 Å². The van der Waals surface area contributed by atoms with E-state index in [2.05, 4.69) is 5.32 Å². The van der Waals surface area contributed by atoms with Gasteiger partial charge in [-0.25, -0.2) is 13.6 Å². The van der Waals surface area contributed by atoms with Crippen LogP contribution in [0.2, 0.25) is 0 Å². The summed E-state index contributed by atoms with van der Waals surface area (Å²) in [5.41, 5.74) is 3.15. The van der Waals surface area contributed by atoms with Crippen LogP contribution in [-0.2, 0) is 14.8 Å². The smallest absolute Gasteiger partial charge is 0.238 e. The fourth-order valence-electron chi connectivity index (χ4n) is 3.37. The molecular formula is C23H25N3O3S. The van der Waals surface area contributed by atoms with Crippen molar-refractivity contribution in [1.82, 2.24) is 0 Å². The predicted molar refractivity (Wildman–Crippen MR) is 120 cm³/mol. The van der Waals surface area contributed by atoms with E-state index in [4.69, 9.17) is 5.14 Å². The van der Waals surface area contributed by atoms with Crippen molar-refractivity contribution in [1.29, 1.82) is 0 Å². The molecule has 0 aromatic heterocycles. The zero-order chi connectivity index (χ0) is 21.7. The highest BCUT2D eigenvalue weighted by Gasteiger charge is 2.20. The third-order valence-corrected chi connectivity index (χ3v) is 5.76. The van der Waals surface area contributed by atoms with Gasteiger partial charge in [-0.15, -0.1) is 0 Å². The number of hydrogen-bond donors (Lipinski definition) is 2. The van der Waals surface area contributed by atoms with Gasteiger partial charge in [-0.1, -0.05) is 60.7 Å². The Balaban J connectivity index is 1.91. The first-order valence-electron chi connectivity index (χ1n) is 9.49. The van der Waals surface area contributed by atoms with Crippen molar-refractivity contribution in [3.05, 3.63) is 90.0 Å². The zero-order valence-electron chi connectivity index (χ0n) is 16.9. The maximum Gasteiger partial charge on any atom is 0.238 e. The number of carbonyl (C=O) groups excluding carboxylic acids is 1. The van der Waals surface area contributed by atoms with Crippen LogP contribution in [0.3, 0.4) is 0 Å². The lowest BCUT2D eigenvalue weighted by Crippen LogP contribution is -2.20. The van der Waals surface area contributed by atoms with E-state index >= 15 is 0 Å². The molecule has 3 N–H and O–H groups in total. The maximum atomic E-state index is 13.0. The van der Waals surface area contributed by atoms with E-state index in [1.54, 1.807) is 11.0 Å².